The molecule has 4 heterocycles. The third-order valence-electron chi connectivity index (χ3n) is 4.69. The number of rotatable bonds is 4. The Balaban J connectivity index is 1.62. The monoisotopic (exact) mass is 351 g/mol. The Morgan fingerprint density at radius 1 is 0.852 bits per heavy atom. The highest BCUT2D eigenvalue weighted by molar-refractivity contribution is 6.03. The molecule has 0 spiro atoms. The molecule has 0 unspecified atom stereocenters. The fourth-order valence-corrected chi connectivity index (χ4v) is 3.38. The summed E-state index contributed by atoms with van der Waals surface area (Å²) < 4.78 is 0. The summed E-state index contributed by atoms with van der Waals surface area (Å²) in [5.74, 6) is 0.831. The largest absolute Gasteiger partial charge is 0.366 e. The molecule has 0 saturated heterocycles. The number of aromatic amines is 1. The zero-order valence-corrected chi connectivity index (χ0v) is 14.6. The minimum atomic E-state index is 0.693. The van der Waals surface area contributed by atoms with Crippen LogP contribution in [0.15, 0.2) is 79.4 Å². The number of benzene rings is 1. The van der Waals surface area contributed by atoms with Gasteiger partial charge in [0.15, 0.2) is 0 Å². The van der Waals surface area contributed by atoms with Crippen molar-refractivity contribution in [1.29, 1.82) is 0 Å². The molecule has 5 rings (SSSR count). The predicted molar refractivity (Wildman–Crippen MR) is 108 cm³/mol. The van der Waals surface area contributed by atoms with Gasteiger partial charge in [0.1, 0.15) is 11.5 Å². The molecule has 5 nitrogen and oxygen atoms in total. The molecule has 5 heteroatoms. The van der Waals surface area contributed by atoms with Crippen LogP contribution in [0.25, 0.3) is 33.1 Å². The van der Waals surface area contributed by atoms with Gasteiger partial charge >= 0.3 is 0 Å². The predicted octanol–water partition coefficient (Wildman–Crippen LogP) is 4.79. The number of H-pyrrole nitrogens is 1. The van der Waals surface area contributed by atoms with Crippen LogP contribution in [0, 0.1) is 0 Å². The lowest BCUT2D eigenvalue weighted by Crippen LogP contribution is -2.02. The molecule has 4 aromatic heterocycles. The maximum atomic E-state index is 4.72. The quantitative estimate of drug-likeness (QED) is 0.489. The number of nitrogens with one attached hydrogen (secondary N) is 2. The van der Waals surface area contributed by atoms with Gasteiger partial charge in [0, 0.05) is 42.1 Å². The first-order chi connectivity index (χ1) is 13.4. The van der Waals surface area contributed by atoms with Crippen LogP contribution in [0.2, 0.25) is 0 Å². The first-order valence-electron chi connectivity index (χ1n) is 8.83. The molecule has 0 aliphatic heterocycles. The van der Waals surface area contributed by atoms with E-state index in [0.29, 0.717) is 6.54 Å². The molecular formula is C22H17N5. The third-order valence-corrected chi connectivity index (χ3v) is 4.69. The van der Waals surface area contributed by atoms with Gasteiger partial charge in [-0.25, -0.2) is 4.98 Å². The summed E-state index contributed by atoms with van der Waals surface area (Å²) >= 11 is 0. The van der Waals surface area contributed by atoms with Crippen LogP contribution in [-0.4, -0.2) is 19.9 Å². The summed E-state index contributed by atoms with van der Waals surface area (Å²) in [6.07, 6.45) is 7.39. The lowest BCUT2D eigenvalue weighted by atomic mass is 9.99. The lowest BCUT2D eigenvalue weighted by Gasteiger charge is -2.11. The molecule has 0 bridgehead atoms. The Hall–Kier alpha value is -3.73. The van der Waals surface area contributed by atoms with Gasteiger partial charge in [0.05, 0.1) is 5.52 Å². The van der Waals surface area contributed by atoms with E-state index in [-0.39, 0.29) is 0 Å². The van der Waals surface area contributed by atoms with Crippen molar-refractivity contribution in [2.45, 2.75) is 6.54 Å². The maximum Gasteiger partial charge on any atom is 0.140 e. The van der Waals surface area contributed by atoms with Gasteiger partial charge in [0.2, 0.25) is 0 Å². The van der Waals surface area contributed by atoms with Crippen molar-refractivity contribution in [1.82, 2.24) is 19.9 Å². The van der Waals surface area contributed by atoms with Crippen molar-refractivity contribution in [3.8, 4) is 11.1 Å². The second kappa shape index (κ2) is 6.53. The van der Waals surface area contributed by atoms with E-state index in [9.17, 15) is 0 Å². The Morgan fingerprint density at radius 3 is 2.67 bits per heavy atom. The number of anilines is 1. The SMILES string of the molecule is c1ccc2c(-c3cc(NCc4ccncc4)nc4[nH]ccc34)ccnc2c1. The first-order valence-corrected chi connectivity index (χ1v) is 8.83. The highest BCUT2D eigenvalue weighted by Gasteiger charge is 2.12. The number of hydrogen-bond acceptors (Lipinski definition) is 4. The molecule has 130 valence electrons. The summed E-state index contributed by atoms with van der Waals surface area (Å²) in [5, 5.41) is 5.66. The van der Waals surface area contributed by atoms with Gasteiger partial charge in [-0.05, 0) is 53.1 Å². The van der Waals surface area contributed by atoms with Crippen molar-refractivity contribution in [2.75, 3.05) is 5.32 Å². The first kappa shape index (κ1) is 15.5. The van der Waals surface area contributed by atoms with Crippen LogP contribution in [0.5, 0.6) is 0 Å². The molecule has 2 N–H and O–H groups in total. The second-order valence-corrected chi connectivity index (χ2v) is 6.38. The zero-order valence-electron chi connectivity index (χ0n) is 14.6. The molecule has 5 aromatic rings. The van der Waals surface area contributed by atoms with Crippen molar-refractivity contribution in [3.63, 3.8) is 0 Å². The van der Waals surface area contributed by atoms with Crippen LogP contribution in [-0.2, 0) is 6.54 Å². The van der Waals surface area contributed by atoms with Crippen molar-refractivity contribution in [3.05, 3.63) is 84.9 Å². The summed E-state index contributed by atoms with van der Waals surface area (Å²) in [6, 6.07) is 18.5. The van der Waals surface area contributed by atoms with E-state index >= 15 is 0 Å². The minimum absolute atomic E-state index is 0.693. The molecule has 0 atom stereocenters. The molecule has 0 fully saturated rings. The van der Waals surface area contributed by atoms with Crippen molar-refractivity contribution >= 4 is 27.8 Å². The molecule has 27 heavy (non-hydrogen) atoms. The van der Waals surface area contributed by atoms with Crippen LogP contribution >= 0.6 is 0 Å². The minimum Gasteiger partial charge on any atom is -0.366 e. The van der Waals surface area contributed by atoms with Gasteiger partial charge < -0.3 is 10.3 Å². The van der Waals surface area contributed by atoms with Crippen molar-refractivity contribution in [2.24, 2.45) is 0 Å². The summed E-state index contributed by atoms with van der Waals surface area (Å²) in [5.41, 5.74) is 5.30. The van der Waals surface area contributed by atoms with Crippen LogP contribution in [0.4, 0.5) is 5.82 Å². The highest BCUT2D eigenvalue weighted by Crippen LogP contribution is 2.34. The Kier molecular flexibility index (Phi) is 3.76. The van der Waals surface area contributed by atoms with Crippen LogP contribution in [0.3, 0.4) is 0 Å². The molecule has 0 amide bonds. The number of nitrogens with zero attached hydrogens (tertiary/aromatic N) is 3. The maximum absolute atomic E-state index is 4.72. The normalized spacial score (nSPS) is 11.1. The summed E-state index contributed by atoms with van der Waals surface area (Å²) in [4.78, 5) is 16.5. The Labute approximate surface area is 156 Å². The van der Waals surface area contributed by atoms with E-state index < -0.39 is 0 Å². The van der Waals surface area contributed by atoms with Crippen LogP contribution in [0.1, 0.15) is 5.56 Å². The van der Waals surface area contributed by atoms with Gasteiger partial charge in [-0.2, -0.15) is 0 Å². The van der Waals surface area contributed by atoms with E-state index in [1.807, 2.05) is 42.7 Å². The van der Waals surface area contributed by atoms with Gasteiger partial charge in [-0.1, -0.05) is 18.2 Å². The Morgan fingerprint density at radius 2 is 1.74 bits per heavy atom. The van der Waals surface area contributed by atoms with E-state index in [4.69, 9.17) is 4.98 Å². The van der Waals surface area contributed by atoms with Gasteiger partial charge in [-0.3, -0.25) is 9.97 Å². The molecule has 0 aliphatic rings. The number of fused-ring (bicyclic) bond motifs is 2. The van der Waals surface area contributed by atoms with Crippen molar-refractivity contribution < 1.29 is 0 Å². The fraction of sp³-hybridized carbons (Fsp3) is 0.0455. The third kappa shape index (κ3) is 2.89. The summed E-state index contributed by atoms with van der Waals surface area (Å²) in [6.45, 7) is 0.693. The smallest absolute Gasteiger partial charge is 0.140 e. The molecular weight excluding hydrogens is 334 g/mol. The average molecular weight is 351 g/mol. The number of hydrogen-bond donors (Lipinski definition) is 2. The van der Waals surface area contributed by atoms with E-state index in [1.165, 1.54) is 0 Å². The number of pyridine rings is 3. The number of para-hydroxylation sites is 1. The van der Waals surface area contributed by atoms with E-state index in [1.54, 1.807) is 12.4 Å². The highest BCUT2D eigenvalue weighted by atomic mass is 15.0. The molecule has 1 aromatic carbocycles. The molecule has 0 radical (unpaired) electrons. The average Bonchev–Trinajstić information content (AvgIpc) is 3.21. The number of aromatic nitrogens is 4. The molecule has 0 aliphatic carbocycles. The summed E-state index contributed by atoms with van der Waals surface area (Å²) in [7, 11) is 0. The van der Waals surface area contributed by atoms with E-state index in [0.717, 1.165) is 44.4 Å². The van der Waals surface area contributed by atoms with Gasteiger partial charge in [0.25, 0.3) is 0 Å². The standard InChI is InChI=1S/C22H17N5/c1-2-4-20-17(3-1)16(7-11-24-20)19-13-21(27-22-18(19)8-12-25-22)26-14-15-5-9-23-10-6-15/h1-13H,14H2,(H2,25,26,27). The lowest BCUT2D eigenvalue weighted by molar-refractivity contribution is 1.10. The van der Waals surface area contributed by atoms with Gasteiger partial charge in [-0.15, -0.1) is 0 Å². The topological polar surface area (TPSA) is 66.5 Å². The molecule has 0 saturated carbocycles. The Bertz CT molecular complexity index is 1220. The second-order valence-electron chi connectivity index (χ2n) is 6.38. The fourth-order valence-electron chi connectivity index (χ4n) is 3.38. The zero-order chi connectivity index (χ0) is 18.1. The van der Waals surface area contributed by atoms with Crippen LogP contribution < -0.4 is 5.32 Å². The van der Waals surface area contributed by atoms with E-state index in [2.05, 4.69) is 44.5 Å².